The van der Waals surface area contributed by atoms with Gasteiger partial charge in [-0.1, -0.05) is 48.9 Å². The van der Waals surface area contributed by atoms with E-state index in [0.717, 1.165) is 24.2 Å². The first kappa shape index (κ1) is 11.7. The van der Waals surface area contributed by atoms with Crippen LogP contribution in [0.4, 0.5) is 5.82 Å². The van der Waals surface area contributed by atoms with E-state index in [-0.39, 0.29) is 0 Å². The smallest absolute Gasteiger partial charge is 0.169 e. The molecule has 1 heterocycles. The Labute approximate surface area is 111 Å². The summed E-state index contributed by atoms with van der Waals surface area (Å²) in [5, 5.41) is 10.5. The van der Waals surface area contributed by atoms with Crippen molar-refractivity contribution in [2.45, 2.75) is 19.8 Å². The van der Waals surface area contributed by atoms with Crippen LogP contribution < -0.4 is 5.73 Å². The van der Waals surface area contributed by atoms with E-state index in [1.54, 1.807) is 0 Å². The number of aromatic nitrogens is 3. The zero-order chi connectivity index (χ0) is 13.2. The average Bonchev–Trinajstić information content (AvgIpc) is 2.80. The minimum atomic E-state index is 0.523. The average molecular weight is 252 g/mol. The lowest BCUT2D eigenvalue weighted by atomic mass is 10.1. The molecule has 0 amide bonds. The second-order valence-electron chi connectivity index (χ2n) is 4.61. The predicted octanol–water partition coefficient (Wildman–Crippen LogP) is 2.96. The third-order valence-electron chi connectivity index (χ3n) is 3.26. The Kier molecular flexibility index (Phi) is 2.91. The van der Waals surface area contributed by atoms with Crippen molar-refractivity contribution in [2.24, 2.45) is 0 Å². The normalized spacial score (nSPS) is 11.0. The van der Waals surface area contributed by atoms with E-state index in [1.807, 2.05) is 16.8 Å². The quantitative estimate of drug-likeness (QED) is 0.779. The van der Waals surface area contributed by atoms with Crippen LogP contribution in [0.5, 0.6) is 0 Å². The lowest BCUT2D eigenvalue weighted by molar-refractivity contribution is 0.746. The summed E-state index contributed by atoms with van der Waals surface area (Å²) in [5.41, 5.74) is 7.87. The van der Waals surface area contributed by atoms with Gasteiger partial charge < -0.3 is 5.73 Å². The number of fused-ring (bicyclic) bond motifs is 1. The lowest BCUT2D eigenvalue weighted by Crippen LogP contribution is -2.03. The van der Waals surface area contributed by atoms with Crippen molar-refractivity contribution in [1.29, 1.82) is 0 Å². The molecule has 2 aromatic carbocycles. The molecule has 0 fully saturated rings. The fourth-order valence-electron chi connectivity index (χ4n) is 2.30. The number of nitrogens with zero attached hydrogens (tertiary/aromatic N) is 3. The Morgan fingerprint density at radius 1 is 1.11 bits per heavy atom. The zero-order valence-corrected chi connectivity index (χ0v) is 10.9. The molecule has 2 N–H and O–H groups in total. The Morgan fingerprint density at radius 3 is 2.68 bits per heavy atom. The maximum Gasteiger partial charge on any atom is 0.169 e. The van der Waals surface area contributed by atoms with Crippen molar-refractivity contribution in [1.82, 2.24) is 15.0 Å². The van der Waals surface area contributed by atoms with Crippen LogP contribution in [0.15, 0.2) is 42.5 Å². The first-order valence-corrected chi connectivity index (χ1v) is 6.49. The van der Waals surface area contributed by atoms with Crippen molar-refractivity contribution in [3.63, 3.8) is 0 Å². The van der Waals surface area contributed by atoms with Crippen molar-refractivity contribution in [3.05, 3.63) is 48.2 Å². The molecule has 0 radical (unpaired) electrons. The van der Waals surface area contributed by atoms with E-state index in [4.69, 9.17) is 5.73 Å². The SMILES string of the molecule is CCCc1c(N)nnn1-c1ccc2ccccc2c1. The molecule has 4 heteroatoms. The fourth-order valence-corrected chi connectivity index (χ4v) is 2.30. The summed E-state index contributed by atoms with van der Waals surface area (Å²) >= 11 is 0. The summed E-state index contributed by atoms with van der Waals surface area (Å²) in [5.74, 6) is 0.523. The highest BCUT2D eigenvalue weighted by molar-refractivity contribution is 5.84. The number of hydrogen-bond donors (Lipinski definition) is 1. The largest absolute Gasteiger partial charge is 0.381 e. The summed E-state index contributed by atoms with van der Waals surface area (Å²) in [6, 6.07) is 14.5. The van der Waals surface area contributed by atoms with Gasteiger partial charge in [-0.25, -0.2) is 4.68 Å². The summed E-state index contributed by atoms with van der Waals surface area (Å²) in [6.45, 7) is 2.12. The summed E-state index contributed by atoms with van der Waals surface area (Å²) in [6.07, 6.45) is 1.90. The Bertz CT molecular complexity index is 715. The lowest BCUT2D eigenvalue weighted by Gasteiger charge is -2.07. The van der Waals surface area contributed by atoms with Crippen LogP contribution in [0.3, 0.4) is 0 Å². The molecule has 0 unspecified atom stereocenters. The molecule has 0 aliphatic carbocycles. The van der Waals surface area contributed by atoms with Crippen LogP contribution in [0.25, 0.3) is 16.5 Å². The molecular formula is C15H16N4. The van der Waals surface area contributed by atoms with Gasteiger partial charge in [0.2, 0.25) is 0 Å². The summed E-state index contributed by atoms with van der Waals surface area (Å²) in [7, 11) is 0. The molecule has 0 saturated heterocycles. The molecule has 1 aromatic heterocycles. The number of hydrogen-bond acceptors (Lipinski definition) is 3. The standard InChI is InChI=1S/C15H16N4/c1-2-5-14-15(16)17-18-19(14)13-9-8-11-6-3-4-7-12(11)10-13/h3-4,6-10H,2,5,16H2,1H3. The highest BCUT2D eigenvalue weighted by Gasteiger charge is 2.11. The van der Waals surface area contributed by atoms with Gasteiger partial charge in [-0.05, 0) is 29.3 Å². The minimum absolute atomic E-state index is 0.523. The third-order valence-corrected chi connectivity index (χ3v) is 3.26. The second kappa shape index (κ2) is 4.72. The minimum Gasteiger partial charge on any atom is -0.381 e. The number of rotatable bonds is 3. The van der Waals surface area contributed by atoms with Crippen molar-refractivity contribution in [2.75, 3.05) is 5.73 Å². The first-order valence-electron chi connectivity index (χ1n) is 6.49. The number of benzene rings is 2. The van der Waals surface area contributed by atoms with E-state index in [1.165, 1.54) is 10.8 Å². The molecule has 0 atom stereocenters. The van der Waals surface area contributed by atoms with Gasteiger partial charge in [0.25, 0.3) is 0 Å². The van der Waals surface area contributed by atoms with E-state index in [9.17, 15) is 0 Å². The van der Waals surface area contributed by atoms with Crippen LogP contribution in [-0.4, -0.2) is 15.0 Å². The maximum absolute atomic E-state index is 5.88. The molecule has 4 nitrogen and oxygen atoms in total. The van der Waals surface area contributed by atoms with Crippen molar-refractivity contribution in [3.8, 4) is 5.69 Å². The fraction of sp³-hybridized carbons (Fsp3) is 0.200. The van der Waals surface area contributed by atoms with Crippen LogP contribution >= 0.6 is 0 Å². The van der Waals surface area contributed by atoms with E-state index >= 15 is 0 Å². The van der Waals surface area contributed by atoms with E-state index < -0.39 is 0 Å². The summed E-state index contributed by atoms with van der Waals surface area (Å²) in [4.78, 5) is 0. The van der Waals surface area contributed by atoms with Gasteiger partial charge in [-0.15, -0.1) is 5.10 Å². The molecule has 0 aliphatic rings. The third kappa shape index (κ3) is 2.05. The van der Waals surface area contributed by atoms with Crippen LogP contribution in [0.2, 0.25) is 0 Å². The topological polar surface area (TPSA) is 56.7 Å². The van der Waals surface area contributed by atoms with Gasteiger partial charge >= 0.3 is 0 Å². The maximum atomic E-state index is 5.88. The Balaban J connectivity index is 2.13. The molecule has 3 aromatic rings. The monoisotopic (exact) mass is 252 g/mol. The molecular weight excluding hydrogens is 236 g/mol. The molecule has 0 spiro atoms. The van der Waals surface area contributed by atoms with Crippen LogP contribution in [0, 0.1) is 0 Å². The van der Waals surface area contributed by atoms with Crippen LogP contribution in [-0.2, 0) is 6.42 Å². The van der Waals surface area contributed by atoms with E-state index in [2.05, 4.69) is 47.6 Å². The highest BCUT2D eigenvalue weighted by atomic mass is 15.4. The molecule has 0 saturated carbocycles. The van der Waals surface area contributed by atoms with Gasteiger partial charge in [-0.3, -0.25) is 0 Å². The van der Waals surface area contributed by atoms with Crippen molar-refractivity contribution >= 4 is 16.6 Å². The predicted molar refractivity (Wildman–Crippen MR) is 77.3 cm³/mol. The molecule has 0 bridgehead atoms. The second-order valence-corrected chi connectivity index (χ2v) is 4.61. The number of anilines is 1. The molecule has 19 heavy (non-hydrogen) atoms. The number of nitrogen functional groups attached to an aromatic ring is 1. The van der Waals surface area contributed by atoms with E-state index in [0.29, 0.717) is 5.82 Å². The molecule has 96 valence electrons. The van der Waals surface area contributed by atoms with Gasteiger partial charge in [-0.2, -0.15) is 0 Å². The number of nitrogens with two attached hydrogens (primary N) is 1. The van der Waals surface area contributed by atoms with Gasteiger partial charge in [0.05, 0.1) is 11.4 Å². The Hall–Kier alpha value is -2.36. The van der Waals surface area contributed by atoms with Crippen molar-refractivity contribution < 1.29 is 0 Å². The highest BCUT2D eigenvalue weighted by Crippen LogP contribution is 2.21. The first-order chi connectivity index (χ1) is 9.29. The Morgan fingerprint density at radius 2 is 1.89 bits per heavy atom. The molecule has 3 rings (SSSR count). The van der Waals surface area contributed by atoms with Gasteiger partial charge in [0, 0.05) is 0 Å². The zero-order valence-electron chi connectivity index (χ0n) is 10.9. The summed E-state index contributed by atoms with van der Waals surface area (Å²) < 4.78 is 1.84. The van der Waals surface area contributed by atoms with Gasteiger partial charge in [0.15, 0.2) is 5.82 Å². The van der Waals surface area contributed by atoms with Gasteiger partial charge in [0.1, 0.15) is 0 Å². The molecule has 0 aliphatic heterocycles. The van der Waals surface area contributed by atoms with Crippen LogP contribution in [0.1, 0.15) is 19.0 Å².